The van der Waals surface area contributed by atoms with Gasteiger partial charge >= 0.3 is 11.3 Å². The van der Waals surface area contributed by atoms with E-state index in [9.17, 15) is 14.9 Å². The summed E-state index contributed by atoms with van der Waals surface area (Å²) in [5, 5.41) is 15.0. The average molecular weight is 347 g/mol. The lowest BCUT2D eigenvalue weighted by atomic mass is 10.1. The molecule has 0 aliphatic rings. The van der Waals surface area contributed by atoms with Crippen LogP contribution >= 0.6 is 11.6 Å². The van der Waals surface area contributed by atoms with Gasteiger partial charge in [0.15, 0.2) is 0 Å². The van der Waals surface area contributed by atoms with Gasteiger partial charge in [-0.1, -0.05) is 23.7 Å². The lowest BCUT2D eigenvalue weighted by Gasteiger charge is -2.13. The highest BCUT2D eigenvalue weighted by Crippen LogP contribution is 2.36. The van der Waals surface area contributed by atoms with E-state index in [2.05, 4.69) is 5.32 Å². The van der Waals surface area contributed by atoms with Gasteiger partial charge in [0, 0.05) is 10.4 Å². The number of nitro groups is 1. The first-order valence-corrected chi connectivity index (χ1v) is 7.20. The van der Waals surface area contributed by atoms with Crippen LogP contribution in [-0.4, -0.2) is 12.0 Å². The first kappa shape index (κ1) is 15.8. The molecule has 0 aliphatic carbocycles. The zero-order chi connectivity index (χ0) is 17.3. The number of rotatable bonds is 4. The van der Waals surface area contributed by atoms with Crippen LogP contribution in [0.5, 0.6) is 5.75 Å². The highest BCUT2D eigenvalue weighted by molar-refractivity contribution is 6.31. The summed E-state index contributed by atoms with van der Waals surface area (Å²) < 4.78 is 10.2. The smallest absolute Gasteiger partial charge is 0.417 e. The van der Waals surface area contributed by atoms with Crippen LogP contribution in [0.4, 0.5) is 17.1 Å². The molecule has 1 heterocycles. The van der Waals surface area contributed by atoms with Crippen LogP contribution in [0.1, 0.15) is 0 Å². The minimum Gasteiger partial charge on any atom is -0.495 e. The fraction of sp³-hybridized carbons (Fsp3) is 0.0625. The van der Waals surface area contributed by atoms with E-state index in [4.69, 9.17) is 20.8 Å². The Morgan fingerprint density at radius 2 is 2.00 bits per heavy atom. The first-order valence-electron chi connectivity index (χ1n) is 6.82. The molecule has 2 aromatic carbocycles. The Morgan fingerprint density at radius 3 is 2.71 bits per heavy atom. The quantitative estimate of drug-likeness (QED) is 0.434. The minimum absolute atomic E-state index is 0.0208. The maximum atomic E-state index is 12.0. The number of halogens is 1. The van der Waals surface area contributed by atoms with Crippen molar-refractivity contribution in [3.8, 4) is 5.75 Å². The lowest BCUT2D eigenvalue weighted by molar-refractivity contribution is -0.386. The molecule has 0 saturated carbocycles. The molecule has 7 nitrogen and oxygen atoms in total. The monoisotopic (exact) mass is 346 g/mol. The largest absolute Gasteiger partial charge is 0.495 e. The van der Waals surface area contributed by atoms with Gasteiger partial charge in [0.25, 0.3) is 0 Å². The Morgan fingerprint density at radius 1 is 1.25 bits per heavy atom. The van der Waals surface area contributed by atoms with Gasteiger partial charge in [0.05, 0.1) is 17.7 Å². The molecule has 0 aliphatic heterocycles. The summed E-state index contributed by atoms with van der Waals surface area (Å²) in [5.74, 6) is 0.422. The minimum atomic E-state index is -1.04. The van der Waals surface area contributed by atoms with Gasteiger partial charge in [-0.15, -0.1) is 0 Å². The summed E-state index contributed by atoms with van der Waals surface area (Å²) in [4.78, 5) is 22.6. The third-order valence-corrected chi connectivity index (χ3v) is 3.63. The van der Waals surface area contributed by atoms with Crippen molar-refractivity contribution in [3.05, 3.63) is 68.0 Å². The van der Waals surface area contributed by atoms with Crippen molar-refractivity contribution < 1.29 is 14.1 Å². The van der Waals surface area contributed by atoms with Crippen molar-refractivity contribution in [1.29, 1.82) is 0 Å². The SMILES string of the molecule is COc1ccc(Cl)cc1Nc1c([N+](=O)[O-])c(=O)oc2ccccc12. The van der Waals surface area contributed by atoms with Crippen molar-refractivity contribution in [2.45, 2.75) is 0 Å². The van der Waals surface area contributed by atoms with E-state index >= 15 is 0 Å². The van der Waals surface area contributed by atoms with Gasteiger partial charge in [-0.3, -0.25) is 10.1 Å². The summed E-state index contributed by atoms with van der Waals surface area (Å²) in [6.45, 7) is 0. The number of fused-ring (bicyclic) bond motifs is 1. The van der Waals surface area contributed by atoms with Crippen LogP contribution in [0, 0.1) is 10.1 Å². The van der Waals surface area contributed by atoms with Gasteiger partial charge in [-0.25, -0.2) is 4.79 Å². The van der Waals surface area contributed by atoms with E-state index < -0.39 is 16.2 Å². The van der Waals surface area contributed by atoms with E-state index in [-0.39, 0.29) is 11.3 Å². The third-order valence-electron chi connectivity index (χ3n) is 3.39. The number of benzene rings is 2. The van der Waals surface area contributed by atoms with Crippen molar-refractivity contribution in [2.75, 3.05) is 12.4 Å². The molecule has 0 amide bonds. The molecule has 0 spiro atoms. The molecular weight excluding hydrogens is 336 g/mol. The molecule has 1 aromatic heterocycles. The van der Waals surface area contributed by atoms with Crippen molar-refractivity contribution >= 4 is 39.6 Å². The van der Waals surface area contributed by atoms with Crippen LogP contribution in [0.25, 0.3) is 11.0 Å². The average Bonchev–Trinajstić information content (AvgIpc) is 2.54. The molecule has 3 aromatic rings. The Labute approximate surface area is 140 Å². The number of anilines is 2. The lowest BCUT2D eigenvalue weighted by Crippen LogP contribution is -2.10. The number of methoxy groups -OCH3 is 1. The summed E-state index contributed by atoms with van der Waals surface area (Å²) >= 11 is 5.98. The van der Waals surface area contributed by atoms with E-state index in [1.807, 2.05) is 0 Å². The zero-order valence-electron chi connectivity index (χ0n) is 12.4. The zero-order valence-corrected chi connectivity index (χ0v) is 13.2. The first-order chi connectivity index (χ1) is 11.5. The number of hydrogen-bond acceptors (Lipinski definition) is 6. The van der Waals surface area contributed by atoms with E-state index in [0.29, 0.717) is 21.8 Å². The van der Waals surface area contributed by atoms with Crippen LogP contribution in [-0.2, 0) is 0 Å². The second-order valence-corrected chi connectivity index (χ2v) is 5.27. The van der Waals surface area contributed by atoms with E-state index in [1.165, 1.54) is 7.11 Å². The van der Waals surface area contributed by atoms with Gasteiger partial charge in [-0.2, -0.15) is 0 Å². The Balaban J connectivity index is 2.29. The van der Waals surface area contributed by atoms with Crippen LogP contribution in [0.2, 0.25) is 5.02 Å². The summed E-state index contributed by atoms with van der Waals surface area (Å²) in [5.41, 5.74) is -1.08. The molecule has 0 radical (unpaired) electrons. The maximum absolute atomic E-state index is 12.0. The Hall–Kier alpha value is -3.06. The number of nitrogens with one attached hydrogen (secondary N) is 1. The van der Waals surface area contributed by atoms with Gasteiger partial charge in [0.2, 0.25) is 0 Å². The maximum Gasteiger partial charge on any atom is 0.417 e. The normalized spacial score (nSPS) is 10.6. The third kappa shape index (κ3) is 2.77. The van der Waals surface area contributed by atoms with Crippen LogP contribution in [0.15, 0.2) is 51.7 Å². The second kappa shape index (κ2) is 6.21. The number of ether oxygens (including phenoxy) is 1. The number of nitrogens with zero attached hydrogens (tertiary/aromatic N) is 1. The summed E-state index contributed by atoms with van der Waals surface area (Å²) in [6.07, 6.45) is 0. The van der Waals surface area contributed by atoms with Crippen molar-refractivity contribution in [2.24, 2.45) is 0 Å². The molecule has 0 fully saturated rings. The van der Waals surface area contributed by atoms with Gasteiger partial charge in [0.1, 0.15) is 17.0 Å². The molecule has 1 N–H and O–H groups in total. The molecule has 122 valence electrons. The molecular formula is C16H11ClN2O5. The van der Waals surface area contributed by atoms with Crippen LogP contribution in [0.3, 0.4) is 0 Å². The van der Waals surface area contributed by atoms with Crippen LogP contribution < -0.4 is 15.7 Å². The summed E-state index contributed by atoms with van der Waals surface area (Å²) in [7, 11) is 1.46. The molecule has 24 heavy (non-hydrogen) atoms. The van der Waals surface area contributed by atoms with Gasteiger partial charge < -0.3 is 14.5 Å². The molecule has 0 unspecified atom stereocenters. The van der Waals surface area contributed by atoms with Gasteiger partial charge in [-0.05, 0) is 30.3 Å². The van der Waals surface area contributed by atoms with Crippen molar-refractivity contribution in [3.63, 3.8) is 0 Å². The number of hydrogen-bond donors (Lipinski definition) is 1. The summed E-state index contributed by atoms with van der Waals surface area (Å²) in [6, 6.07) is 11.3. The number of para-hydroxylation sites is 1. The molecule has 3 rings (SSSR count). The predicted octanol–water partition coefficient (Wildman–Crippen LogP) is 4.11. The standard InChI is InChI=1S/C16H11ClN2O5/c1-23-13-7-6-9(17)8-11(13)18-14-10-4-2-3-5-12(10)24-16(20)15(14)19(21)22/h2-8,18H,1H3. The van der Waals surface area contributed by atoms with E-state index in [0.717, 1.165) is 0 Å². The molecule has 8 heteroatoms. The van der Waals surface area contributed by atoms with Crippen molar-refractivity contribution in [1.82, 2.24) is 0 Å². The fourth-order valence-electron chi connectivity index (χ4n) is 2.34. The Bertz CT molecular complexity index is 999. The second-order valence-electron chi connectivity index (χ2n) is 4.84. The highest BCUT2D eigenvalue weighted by Gasteiger charge is 2.25. The Kier molecular flexibility index (Phi) is 4.09. The fourth-order valence-corrected chi connectivity index (χ4v) is 2.52. The molecule has 0 atom stereocenters. The predicted molar refractivity (Wildman–Crippen MR) is 90.4 cm³/mol. The van der Waals surface area contributed by atoms with E-state index in [1.54, 1.807) is 42.5 Å². The molecule has 0 bridgehead atoms. The highest BCUT2D eigenvalue weighted by atomic mass is 35.5. The molecule has 0 saturated heterocycles. The topological polar surface area (TPSA) is 94.6 Å².